The van der Waals surface area contributed by atoms with Gasteiger partial charge in [-0.05, 0) is 24.3 Å². The van der Waals surface area contributed by atoms with Crippen molar-refractivity contribution in [1.29, 1.82) is 0 Å². The fourth-order valence-electron chi connectivity index (χ4n) is 2.11. The molecule has 2 aromatic heterocycles. The first-order chi connectivity index (χ1) is 13.1. The van der Waals surface area contributed by atoms with Crippen molar-refractivity contribution in [3.05, 3.63) is 41.7 Å². The molecule has 1 amide bonds. The molecule has 27 heavy (non-hydrogen) atoms. The van der Waals surface area contributed by atoms with Crippen molar-refractivity contribution in [2.75, 3.05) is 25.3 Å². The molecule has 1 N–H and O–H groups in total. The summed E-state index contributed by atoms with van der Waals surface area (Å²) in [7, 11) is 3.11. The van der Waals surface area contributed by atoms with Gasteiger partial charge in [0.25, 0.3) is 5.22 Å². The number of hydrogen-bond donors (Lipinski definition) is 1. The van der Waals surface area contributed by atoms with Gasteiger partial charge in [-0.2, -0.15) is 0 Å². The van der Waals surface area contributed by atoms with Gasteiger partial charge in [-0.3, -0.25) is 4.79 Å². The monoisotopic (exact) mass is 406 g/mol. The average Bonchev–Trinajstić information content (AvgIpc) is 3.17. The van der Waals surface area contributed by atoms with E-state index in [1.54, 1.807) is 50.7 Å². The predicted octanol–water partition coefficient (Wildman–Crippen LogP) is 3.53. The number of carbonyl (C=O) groups is 1. The van der Waals surface area contributed by atoms with Crippen LogP contribution in [0, 0.1) is 0 Å². The Morgan fingerprint density at radius 1 is 1.22 bits per heavy atom. The van der Waals surface area contributed by atoms with E-state index in [1.807, 2.05) is 0 Å². The maximum absolute atomic E-state index is 12.0. The van der Waals surface area contributed by atoms with Crippen LogP contribution in [0.4, 0.5) is 5.69 Å². The predicted molar refractivity (Wildman–Crippen MR) is 101 cm³/mol. The third-order valence-corrected chi connectivity index (χ3v) is 4.48. The number of pyridine rings is 1. The highest BCUT2D eigenvalue weighted by Crippen LogP contribution is 2.30. The summed E-state index contributed by atoms with van der Waals surface area (Å²) < 4.78 is 16.1. The van der Waals surface area contributed by atoms with E-state index < -0.39 is 0 Å². The molecule has 0 bridgehead atoms. The number of thioether (sulfide) groups is 1. The Labute approximate surface area is 164 Å². The minimum absolute atomic E-state index is 0.0777. The van der Waals surface area contributed by atoms with Gasteiger partial charge in [-0.25, -0.2) is 4.98 Å². The van der Waals surface area contributed by atoms with Crippen molar-refractivity contribution in [1.82, 2.24) is 15.2 Å². The first-order valence-electron chi connectivity index (χ1n) is 7.69. The second kappa shape index (κ2) is 8.74. The number of hydrogen-bond acceptors (Lipinski definition) is 8. The fourth-order valence-corrected chi connectivity index (χ4v) is 2.84. The van der Waals surface area contributed by atoms with Crippen LogP contribution in [0.15, 0.2) is 46.2 Å². The number of carbonyl (C=O) groups excluding carboxylic acids is 1. The van der Waals surface area contributed by atoms with Gasteiger partial charge in [-0.15, -0.1) is 10.2 Å². The molecule has 140 valence electrons. The standard InChI is InChI=1S/C17H15ClN4O4S/c1-24-11-6-10(7-12(8-11)25-2)16-21-22-17(26-16)27-9-14(23)20-13-4-3-5-19-15(13)18/h3-8H,9H2,1-2H3,(H,20,23). The largest absolute Gasteiger partial charge is 0.497 e. The highest BCUT2D eigenvalue weighted by molar-refractivity contribution is 7.99. The summed E-state index contributed by atoms with van der Waals surface area (Å²) in [6.45, 7) is 0. The van der Waals surface area contributed by atoms with Crippen LogP contribution in [0.2, 0.25) is 5.15 Å². The summed E-state index contributed by atoms with van der Waals surface area (Å²) in [5.74, 6) is 1.31. The van der Waals surface area contributed by atoms with Crippen LogP contribution in [-0.2, 0) is 4.79 Å². The van der Waals surface area contributed by atoms with Crippen molar-refractivity contribution in [3.8, 4) is 23.0 Å². The van der Waals surface area contributed by atoms with E-state index in [0.29, 0.717) is 28.6 Å². The maximum atomic E-state index is 12.0. The molecule has 3 aromatic rings. The molecule has 0 saturated carbocycles. The average molecular weight is 407 g/mol. The number of halogens is 1. The Morgan fingerprint density at radius 2 is 1.96 bits per heavy atom. The Hall–Kier alpha value is -2.78. The molecule has 0 aliphatic carbocycles. The minimum atomic E-state index is -0.266. The molecule has 0 aliphatic heterocycles. The van der Waals surface area contributed by atoms with Crippen LogP contribution in [0.25, 0.3) is 11.5 Å². The van der Waals surface area contributed by atoms with Crippen LogP contribution in [-0.4, -0.2) is 41.1 Å². The van der Waals surface area contributed by atoms with Crippen LogP contribution < -0.4 is 14.8 Å². The van der Waals surface area contributed by atoms with Crippen LogP contribution in [0.1, 0.15) is 0 Å². The third-order valence-electron chi connectivity index (χ3n) is 3.36. The van der Waals surface area contributed by atoms with Crippen molar-refractivity contribution < 1.29 is 18.7 Å². The van der Waals surface area contributed by atoms with Gasteiger partial charge in [0.05, 0.1) is 25.7 Å². The lowest BCUT2D eigenvalue weighted by Crippen LogP contribution is -2.14. The van der Waals surface area contributed by atoms with Crippen molar-refractivity contribution in [2.24, 2.45) is 0 Å². The number of rotatable bonds is 7. The second-order valence-corrected chi connectivity index (χ2v) is 6.44. The molecule has 2 heterocycles. The lowest BCUT2D eigenvalue weighted by molar-refractivity contribution is -0.113. The van der Waals surface area contributed by atoms with E-state index >= 15 is 0 Å². The number of aromatic nitrogens is 3. The molecule has 0 radical (unpaired) electrons. The quantitative estimate of drug-likeness (QED) is 0.470. The summed E-state index contributed by atoms with van der Waals surface area (Å²) in [5, 5.41) is 11.1. The van der Waals surface area contributed by atoms with Gasteiger partial charge >= 0.3 is 0 Å². The summed E-state index contributed by atoms with van der Waals surface area (Å²) >= 11 is 7.02. The zero-order valence-corrected chi connectivity index (χ0v) is 16.0. The SMILES string of the molecule is COc1cc(OC)cc(-c2nnc(SCC(=O)Nc3cccnc3Cl)o2)c1. The van der Waals surface area contributed by atoms with Gasteiger partial charge in [0.1, 0.15) is 11.5 Å². The molecule has 10 heteroatoms. The zero-order valence-electron chi connectivity index (χ0n) is 14.4. The van der Waals surface area contributed by atoms with Crippen LogP contribution in [0.5, 0.6) is 11.5 Å². The molecular formula is C17H15ClN4O4S. The molecule has 0 saturated heterocycles. The Morgan fingerprint density at radius 3 is 2.63 bits per heavy atom. The van der Waals surface area contributed by atoms with E-state index in [0.717, 1.165) is 11.8 Å². The van der Waals surface area contributed by atoms with E-state index in [2.05, 4.69) is 20.5 Å². The fraction of sp³-hybridized carbons (Fsp3) is 0.176. The molecule has 0 unspecified atom stereocenters. The summed E-state index contributed by atoms with van der Waals surface area (Å²) in [4.78, 5) is 15.9. The molecule has 3 rings (SSSR count). The van der Waals surface area contributed by atoms with E-state index in [9.17, 15) is 4.79 Å². The number of nitrogens with zero attached hydrogens (tertiary/aromatic N) is 3. The highest BCUT2D eigenvalue weighted by atomic mass is 35.5. The molecule has 0 fully saturated rings. The molecule has 0 atom stereocenters. The van der Waals surface area contributed by atoms with Crippen molar-refractivity contribution in [2.45, 2.75) is 5.22 Å². The molecular weight excluding hydrogens is 392 g/mol. The van der Waals surface area contributed by atoms with Crippen LogP contribution >= 0.6 is 23.4 Å². The summed E-state index contributed by atoms with van der Waals surface area (Å²) in [6.07, 6.45) is 1.54. The van der Waals surface area contributed by atoms with Gasteiger partial charge in [0.15, 0.2) is 5.15 Å². The molecule has 1 aromatic carbocycles. The number of anilines is 1. The Balaban J connectivity index is 1.64. The molecule has 0 aliphatic rings. The van der Waals surface area contributed by atoms with E-state index in [-0.39, 0.29) is 22.0 Å². The molecule has 8 nitrogen and oxygen atoms in total. The number of benzene rings is 1. The molecule has 0 spiro atoms. The lowest BCUT2D eigenvalue weighted by Gasteiger charge is -2.05. The summed E-state index contributed by atoms with van der Waals surface area (Å²) in [6, 6.07) is 8.59. The third kappa shape index (κ3) is 4.89. The number of methoxy groups -OCH3 is 2. The first-order valence-corrected chi connectivity index (χ1v) is 9.05. The summed E-state index contributed by atoms with van der Waals surface area (Å²) in [5.41, 5.74) is 1.09. The Kier molecular flexibility index (Phi) is 6.15. The van der Waals surface area contributed by atoms with Gasteiger partial charge in [0.2, 0.25) is 11.8 Å². The van der Waals surface area contributed by atoms with Gasteiger partial charge in [0, 0.05) is 17.8 Å². The van der Waals surface area contributed by atoms with Crippen molar-refractivity contribution >= 4 is 35.0 Å². The first kappa shape index (κ1) is 19.0. The van der Waals surface area contributed by atoms with E-state index in [4.69, 9.17) is 25.5 Å². The van der Waals surface area contributed by atoms with E-state index in [1.165, 1.54) is 0 Å². The van der Waals surface area contributed by atoms with Gasteiger partial charge in [-0.1, -0.05) is 23.4 Å². The smallest absolute Gasteiger partial charge is 0.277 e. The Bertz CT molecular complexity index is 928. The second-order valence-electron chi connectivity index (χ2n) is 5.15. The number of amides is 1. The number of nitrogens with one attached hydrogen (secondary N) is 1. The van der Waals surface area contributed by atoms with Gasteiger partial charge < -0.3 is 19.2 Å². The minimum Gasteiger partial charge on any atom is -0.497 e. The maximum Gasteiger partial charge on any atom is 0.277 e. The normalized spacial score (nSPS) is 10.5. The lowest BCUT2D eigenvalue weighted by atomic mass is 10.2. The zero-order chi connectivity index (χ0) is 19.2. The highest BCUT2D eigenvalue weighted by Gasteiger charge is 2.14. The van der Waals surface area contributed by atoms with Crippen LogP contribution in [0.3, 0.4) is 0 Å². The topological polar surface area (TPSA) is 99.4 Å². The number of ether oxygens (including phenoxy) is 2. The van der Waals surface area contributed by atoms with Crippen molar-refractivity contribution in [3.63, 3.8) is 0 Å².